The molecule has 6 heteroatoms. The average molecular weight is 353 g/mol. The molecule has 1 aromatic rings. The van der Waals surface area contributed by atoms with Crippen molar-refractivity contribution in [3.8, 4) is 0 Å². The van der Waals surface area contributed by atoms with Crippen molar-refractivity contribution in [3.63, 3.8) is 0 Å². The van der Waals surface area contributed by atoms with Gasteiger partial charge in [0, 0.05) is 5.92 Å². The molecule has 3 rings (SSSR count). The van der Waals surface area contributed by atoms with E-state index in [0.29, 0.717) is 13.2 Å². The lowest BCUT2D eigenvalue weighted by Crippen LogP contribution is -2.35. The maximum atomic E-state index is 13.5. The monoisotopic (exact) mass is 353 g/mol. The van der Waals surface area contributed by atoms with Crippen LogP contribution in [0.1, 0.15) is 51.6 Å². The normalized spacial score (nSPS) is 28.9. The van der Waals surface area contributed by atoms with Crippen LogP contribution in [-0.4, -0.2) is 30.2 Å². The molecule has 0 bridgehead atoms. The second kappa shape index (κ2) is 7.67. The number of benzene rings is 1. The van der Waals surface area contributed by atoms with Gasteiger partial charge in [-0.25, -0.2) is 0 Å². The van der Waals surface area contributed by atoms with Crippen LogP contribution < -0.4 is 0 Å². The van der Waals surface area contributed by atoms with Crippen molar-refractivity contribution in [1.82, 2.24) is 5.06 Å². The zero-order chi connectivity index (χ0) is 17.2. The molecule has 1 saturated carbocycles. The first-order chi connectivity index (χ1) is 11.6. The summed E-state index contributed by atoms with van der Waals surface area (Å²) in [5.41, 5.74) is 1.14. The largest absolute Gasteiger partial charge is 0.350 e. The molecular weight excluding hydrogens is 325 g/mol. The first-order valence-corrected chi connectivity index (χ1v) is 10.6. The van der Waals surface area contributed by atoms with Gasteiger partial charge in [0.1, 0.15) is 5.78 Å². The summed E-state index contributed by atoms with van der Waals surface area (Å²) in [6.07, 6.45) is 3.25. The Balaban J connectivity index is 1.93. The molecule has 0 unspecified atom stereocenters. The molecular formula is C18H28NO4P. The first kappa shape index (κ1) is 18.1. The van der Waals surface area contributed by atoms with Gasteiger partial charge in [0.2, 0.25) is 0 Å². The number of hydroxylamine groups is 2. The van der Waals surface area contributed by atoms with Crippen LogP contribution in [0, 0.1) is 5.92 Å². The molecule has 2 fully saturated rings. The third-order valence-corrected chi connectivity index (χ3v) is 7.50. The predicted molar refractivity (Wildman–Crippen MR) is 93.6 cm³/mol. The highest BCUT2D eigenvalue weighted by Gasteiger charge is 2.56. The first-order valence-electron chi connectivity index (χ1n) is 8.99. The van der Waals surface area contributed by atoms with Crippen LogP contribution in [0.15, 0.2) is 30.3 Å². The van der Waals surface area contributed by atoms with E-state index in [1.54, 1.807) is 0 Å². The van der Waals surface area contributed by atoms with Crippen molar-refractivity contribution in [3.05, 3.63) is 35.9 Å². The van der Waals surface area contributed by atoms with E-state index in [9.17, 15) is 4.57 Å². The van der Waals surface area contributed by atoms with E-state index < -0.39 is 7.60 Å². The Morgan fingerprint density at radius 2 is 1.88 bits per heavy atom. The summed E-state index contributed by atoms with van der Waals surface area (Å²) in [5, 5.41) is 1.90. The summed E-state index contributed by atoms with van der Waals surface area (Å²) >= 11 is 0. The standard InChI is InChI=1S/C18H28NO4P/c1-4-21-24(20,22-5-2)18-16-12-9-13-17(16)23-19(18)14(3)15-10-7-6-8-11-15/h6-8,10-11,14,16-18H,4-5,9,12-13H2,1-3H3/t14-,16-,17+,18+/m0/s1. The van der Waals surface area contributed by atoms with Gasteiger partial charge in [0.15, 0.2) is 0 Å². The van der Waals surface area contributed by atoms with E-state index in [1.807, 2.05) is 37.1 Å². The number of hydrogen-bond donors (Lipinski definition) is 0. The van der Waals surface area contributed by atoms with Crippen molar-refractivity contribution in [2.45, 2.75) is 58.0 Å². The van der Waals surface area contributed by atoms with Crippen LogP contribution in [-0.2, 0) is 18.5 Å². The van der Waals surface area contributed by atoms with Crippen molar-refractivity contribution in [2.24, 2.45) is 5.92 Å². The molecule has 2 aliphatic rings. The van der Waals surface area contributed by atoms with E-state index in [-0.39, 0.29) is 23.8 Å². The number of rotatable bonds is 7. The van der Waals surface area contributed by atoms with E-state index in [0.717, 1.165) is 24.8 Å². The lowest BCUT2D eigenvalue weighted by Gasteiger charge is -2.34. The summed E-state index contributed by atoms with van der Waals surface area (Å²) in [7, 11) is -3.27. The van der Waals surface area contributed by atoms with Gasteiger partial charge >= 0.3 is 7.60 Å². The molecule has 0 N–H and O–H groups in total. The molecule has 134 valence electrons. The highest BCUT2D eigenvalue weighted by Crippen LogP contribution is 2.63. The molecule has 4 atom stereocenters. The third kappa shape index (κ3) is 3.33. The zero-order valence-corrected chi connectivity index (χ0v) is 15.7. The van der Waals surface area contributed by atoms with Crippen LogP contribution in [0.3, 0.4) is 0 Å². The Labute approximate surface area is 144 Å². The molecule has 0 spiro atoms. The highest BCUT2D eigenvalue weighted by molar-refractivity contribution is 7.54. The number of fused-ring (bicyclic) bond motifs is 1. The van der Waals surface area contributed by atoms with E-state index in [1.165, 1.54) is 0 Å². The van der Waals surface area contributed by atoms with Gasteiger partial charge in [-0.3, -0.25) is 9.40 Å². The van der Waals surface area contributed by atoms with Crippen molar-refractivity contribution >= 4 is 7.60 Å². The molecule has 1 aliphatic heterocycles. The minimum absolute atomic E-state index is 0.00367. The molecule has 1 heterocycles. The quantitative estimate of drug-likeness (QED) is 0.662. The Hall–Kier alpha value is -0.710. The van der Waals surface area contributed by atoms with Crippen LogP contribution in [0.2, 0.25) is 0 Å². The maximum Gasteiger partial charge on any atom is 0.350 e. The molecule has 1 saturated heterocycles. The molecule has 0 radical (unpaired) electrons. The van der Waals surface area contributed by atoms with Gasteiger partial charge in [-0.2, -0.15) is 5.06 Å². The molecule has 5 nitrogen and oxygen atoms in total. The SMILES string of the molecule is CCOP(=O)(OCC)[C@@H]1[C@H]2CCC[C@H]2ON1[C@@H](C)c1ccccc1. The van der Waals surface area contributed by atoms with Gasteiger partial charge < -0.3 is 9.05 Å². The van der Waals surface area contributed by atoms with E-state index in [4.69, 9.17) is 13.9 Å². The summed E-state index contributed by atoms with van der Waals surface area (Å²) in [5.74, 6) is -0.125. The fourth-order valence-electron chi connectivity index (χ4n) is 3.96. The maximum absolute atomic E-state index is 13.5. The van der Waals surface area contributed by atoms with Gasteiger partial charge in [0.25, 0.3) is 0 Å². The summed E-state index contributed by atoms with van der Waals surface area (Å²) in [6, 6.07) is 10.2. The molecule has 1 aliphatic carbocycles. The average Bonchev–Trinajstić information content (AvgIpc) is 3.16. The minimum atomic E-state index is -3.27. The van der Waals surface area contributed by atoms with Crippen LogP contribution >= 0.6 is 7.60 Å². The Kier molecular flexibility index (Phi) is 5.78. The number of nitrogens with zero attached hydrogens (tertiary/aromatic N) is 1. The molecule has 24 heavy (non-hydrogen) atoms. The summed E-state index contributed by atoms with van der Waals surface area (Å²) in [6.45, 7) is 6.56. The van der Waals surface area contributed by atoms with Crippen LogP contribution in [0.4, 0.5) is 0 Å². The lowest BCUT2D eigenvalue weighted by atomic mass is 10.0. The van der Waals surface area contributed by atoms with Crippen LogP contribution in [0.25, 0.3) is 0 Å². The smallest absolute Gasteiger partial charge is 0.308 e. The summed E-state index contributed by atoms with van der Waals surface area (Å²) < 4.78 is 24.9. The van der Waals surface area contributed by atoms with E-state index >= 15 is 0 Å². The van der Waals surface area contributed by atoms with Crippen LogP contribution in [0.5, 0.6) is 0 Å². The Morgan fingerprint density at radius 1 is 1.21 bits per heavy atom. The fraction of sp³-hybridized carbons (Fsp3) is 0.667. The summed E-state index contributed by atoms with van der Waals surface area (Å²) in [4.78, 5) is 6.25. The second-order valence-electron chi connectivity index (χ2n) is 6.47. The van der Waals surface area contributed by atoms with Crippen molar-refractivity contribution < 1.29 is 18.5 Å². The topological polar surface area (TPSA) is 48.0 Å². The third-order valence-electron chi connectivity index (χ3n) is 5.01. The van der Waals surface area contributed by atoms with Gasteiger partial charge in [-0.1, -0.05) is 36.8 Å². The Bertz CT molecular complexity index is 572. The fourth-order valence-corrected chi connectivity index (χ4v) is 6.40. The van der Waals surface area contributed by atoms with Gasteiger partial charge in [-0.15, -0.1) is 0 Å². The Morgan fingerprint density at radius 3 is 2.50 bits per heavy atom. The molecule has 0 amide bonds. The highest BCUT2D eigenvalue weighted by atomic mass is 31.2. The predicted octanol–water partition coefficient (Wildman–Crippen LogP) is 4.76. The second-order valence-corrected chi connectivity index (χ2v) is 8.60. The zero-order valence-electron chi connectivity index (χ0n) is 14.8. The molecule has 1 aromatic carbocycles. The lowest BCUT2D eigenvalue weighted by molar-refractivity contribution is -0.179. The minimum Gasteiger partial charge on any atom is -0.308 e. The van der Waals surface area contributed by atoms with Gasteiger partial charge in [-0.05, 0) is 39.2 Å². The van der Waals surface area contributed by atoms with Crippen molar-refractivity contribution in [2.75, 3.05) is 13.2 Å². The van der Waals surface area contributed by atoms with E-state index in [2.05, 4.69) is 19.1 Å². The number of hydrogen-bond acceptors (Lipinski definition) is 5. The van der Waals surface area contributed by atoms with Gasteiger partial charge in [0.05, 0.1) is 25.4 Å². The van der Waals surface area contributed by atoms with Crippen molar-refractivity contribution in [1.29, 1.82) is 0 Å². The molecule has 0 aromatic heterocycles.